The Kier molecular flexibility index (Phi) is 5.78. The number of ether oxygens (including phenoxy) is 1. The Hall–Kier alpha value is -2.51. The van der Waals surface area contributed by atoms with Crippen LogP contribution in [0.5, 0.6) is 0 Å². The van der Waals surface area contributed by atoms with Crippen molar-refractivity contribution in [3.63, 3.8) is 0 Å². The molecule has 1 fully saturated rings. The van der Waals surface area contributed by atoms with Gasteiger partial charge in [0.15, 0.2) is 0 Å². The van der Waals surface area contributed by atoms with Gasteiger partial charge < -0.3 is 9.64 Å². The first-order valence-electron chi connectivity index (χ1n) is 9.42. The van der Waals surface area contributed by atoms with Crippen LogP contribution in [0.3, 0.4) is 0 Å². The maximum atomic E-state index is 14.9. The molecule has 0 spiro atoms. The summed E-state index contributed by atoms with van der Waals surface area (Å²) in [5.41, 5.74) is 2.25. The highest BCUT2D eigenvalue weighted by atomic mass is 35.5. The van der Waals surface area contributed by atoms with Gasteiger partial charge in [0, 0.05) is 24.9 Å². The van der Waals surface area contributed by atoms with Crippen LogP contribution in [0.4, 0.5) is 14.5 Å². The summed E-state index contributed by atoms with van der Waals surface area (Å²) in [5.74, 6) is -3.69. The van der Waals surface area contributed by atoms with Crippen molar-refractivity contribution in [1.29, 1.82) is 0 Å². The first-order valence-corrected chi connectivity index (χ1v) is 9.80. The summed E-state index contributed by atoms with van der Waals surface area (Å²) >= 11 is 5.96. The summed E-state index contributed by atoms with van der Waals surface area (Å²) in [4.78, 5) is 5.78. The molecule has 0 aliphatic carbocycles. The lowest BCUT2D eigenvalue weighted by molar-refractivity contribution is -0.0955. The van der Waals surface area contributed by atoms with Crippen molar-refractivity contribution in [3.8, 4) is 5.69 Å². The van der Waals surface area contributed by atoms with E-state index < -0.39 is 11.8 Å². The van der Waals surface area contributed by atoms with Crippen LogP contribution in [-0.2, 0) is 11.3 Å². The number of pyridine rings is 1. The number of piperidine rings is 1. The SMILES string of the molecule is FC1(F)CN(c2cnccc2-n2cc(Cl)cn2)CCC1COCc1ccccc1. The van der Waals surface area contributed by atoms with Crippen molar-refractivity contribution in [1.82, 2.24) is 14.8 Å². The van der Waals surface area contributed by atoms with Crippen molar-refractivity contribution in [2.24, 2.45) is 5.92 Å². The fourth-order valence-electron chi connectivity index (χ4n) is 3.54. The third kappa shape index (κ3) is 4.57. The largest absolute Gasteiger partial charge is 0.376 e. The summed E-state index contributed by atoms with van der Waals surface area (Å²) < 4.78 is 36.9. The average molecular weight is 419 g/mol. The Morgan fingerprint density at radius 1 is 1.14 bits per heavy atom. The van der Waals surface area contributed by atoms with Crippen LogP contribution in [0.25, 0.3) is 5.69 Å². The van der Waals surface area contributed by atoms with E-state index in [0.29, 0.717) is 36.0 Å². The normalized spacial score (nSPS) is 18.7. The molecule has 1 unspecified atom stereocenters. The second-order valence-corrected chi connectivity index (χ2v) is 7.57. The van der Waals surface area contributed by atoms with E-state index in [1.54, 1.807) is 34.2 Å². The van der Waals surface area contributed by atoms with Crippen LogP contribution in [0.1, 0.15) is 12.0 Å². The molecule has 1 saturated heterocycles. The van der Waals surface area contributed by atoms with Crippen LogP contribution in [-0.4, -0.2) is 40.4 Å². The lowest BCUT2D eigenvalue weighted by Crippen LogP contribution is -2.50. The molecule has 4 rings (SSSR count). The molecule has 8 heteroatoms. The zero-order chi connectivity index (χ0) is 20.3. The maximum Gasteiger partial charge on any atom is 0.270 e. The zero-order valence-corrected chi connectivity index (χ0v) is 16.5. The van der Waals surface area contributed by atoms with Gasteiger partial charge in [-0.3, -0.25) is 4.98 Å². The van der Waals surface area contributed by atoms with E-state index in [-0.39, 0.29) is 13.2 Å². The molecule has 1 aromatic carbocycles. The molecule has 152 valence electrons. The molecule has 0 radical (unpaired) electrons. The van der Waals surface area contributed by atoms with E-state index in [9.17, 15) is 8.78 Å². The number of hydrogen-bond donors (Lipinski definition) is 0. The highest BCUT2D eigenvalue weighted by molar-refractivity contribution is 6.30. The van der Waals surface area contributed by atoms with Gasteiger partial charge in [-0.1, -0.05) is 41.9 Å². The molecule has 0 amide bonds. The van der Waals surface area contributed by atoms with Crippen molar-refractivity contribution >= 4 is 17.3 Å². The molecule has 1 atom stereocenters. The predicted molar refractivity (Wildman–Crippen MR) is 108 cm³/mol. The Labute approximate surface area is 172 Å². The molecule has 3 heterocycles. The Balaban J connectivity index is 1.43. The Morgan fingerprint density at radius 3 is 2.69 bits per heavy atom. The minimum Gasteiger partial charge on any atom is -0.376 e. The summed E-state index contributed by atoms with van der Waals surface area (Å²) in [6.45, 7) is 0.469. The predicted octanol–water partition coefficient (Wildman–Crippen LogP) is 4.60. The van der Waals surface area contributed by atoms with Gasteiger partial charge in [-0.05, 0) is 18.1 Å². The van der Waals surface area contributed by atoms with Crippen molar-refractivity contribution in [2.75, 3.05) is 24.6 Å². The molecule has 1 aliphatic heterocycles. The second kappa shape index (κ2) is 8.47. The van der Waals surface area contributed by atoms with E-state index in [0.717, 1.165) is 5.56 Å². The number of alkyl halides is 2. The van der Waals surface area contributed by atoms with E-state index >= 15 is 0 Å². The van der Waals surface area contributed by atoms with Crippen LogP contribution in [0.2, 0.25) is 5.02 Å². The molecular formula is C21H21ClF2N4O. The lowest BCUT2D eigenvalue weighted by atomic mass is 9.93. The van der Waals surface area contributed by atoms with Gasteiger partial charge in [-0.2, -0.15) is 5.10 Å². The lowest BCUT2D eigenvalue weighted by Gasteiger charge is -2.39. The van der Waals surface area contributed by atoms with Gasteiger partial charge in [0.1, 0.15) is 0 Å². The van der Waals surface area contributed by atoms with Crippen molar-refractivity contribution in [2.45, 2.75) is 19.0 Å². The first-order chi connectivity index (χ1) is 14.0. The third-order valence-electron chi connectivity index (χ3n) is 5.09. The fraction of sp³-hybridized carbons (Fsp3) is 0.333. The van der Waals surface area contributed by atoms with Gasteiger partial charge in [-0.25, -0.2) is 13.5 Å². The second-order valence-electron chi connectivity index (χ2n) is 7.14. The van der Waals surface area contributed by atoms with Crippen LogP contribution in [0, 0.1) is 5.92 Å². The number of aromatic nitrogens is 3. The molecule has 29 heavy (non-hydrogen) atoms. The fourth-order valence-corrected chi connectivity index (χ4v) is 3.67. The van der Waals surface area contributed by atoms with Crippen LogP contribution >= 0.6 is 11.6 Å². The van der Waals surface area contributed by atoms with Crippen molar-refractivity contribution in [3.05, 3.63) is 71.8 Å². The maximum absolute atomic E-state index is 14.9. The smallest absolute Gasteiger partial charge is 0.270 e. The summed E-state index contributed by atoms with van der Waals surface area (Å²) in [5, 5.41) is 4.66. The highest BCUT2D eigenvalue weighted by Gasteiger charge is 2.45. The highest BCUT2D eigenvalue weighted by Crippen LogP contribution is 2.37. The summed E-state index contributed by atoms with van der Waals surface area (Å²) in [6.07, 6.45) is 6.68. The number of halogens is 3. The molecule has 1 aliphatic rings. The van der Waals surface area contributed by atoms with E-state index in [1.807, 2.05) is 30.3 Å². The van der Waals surface area contributed by atoms with Crippen LogP contribution < -0.4 is 4.90 Å². The van der Waals surface area contributed by atoms with E-state index in [2.05, 4.69) is 10.1 Å². The van der Waals surface area contributed by atoms with Gasteiger partial charge in [0.25, 0.3) is 5.92 Å². The molecule has 0 N–H and O–H groups in total. The number of anilines is 1. The van der Waals surface area contributed by atoms with E-state index in [4.69, 9.17) is 16.3 Å². The van der Waals surface area contributed by atoms with E-state index in [1.165, 1.54) is 6.20 Å². The average Bonchev–Trinajstić information content (AvgIpc) is 3.16. The molecular weight excluding hydrogens is 398 g/mol. The van der Waals surface area contributed by atoms with Gasteiger partial charge >= 0.3 is 0 Å². The molecule has 5 nitrogen and oxygen atoms in total. The number of hydrogen-bond acceptors (Lipinski definition) is 4. The topological polar surface area (TPSA) is 43.2 Å². The minimum atomic E-state index is -2.87. The van der Waals surface area contributed by atoms with Gasteiger partial charge in [0.2, 0.25) is 0 Å². The zero-order valence-electron chi connectivity index (χ0n) is 15.7. The van der Waals surface area contributed by atoms with Gasteiger partial charge in [-0.15, -0.1) is 0 Å². The molecule has 3 aromatic rings. The Bertz CT molecular complexity index is 951. The first kappa shape index (κ1) is 19.8. The van der Waals surface area contributed by atoms with Crippen LogP contribution in [0.15, 0.2) is 61.2 Å². The Morgan fingerprint density at radius 2 is 1.97 bits per heavy atom. The van der Waals surface area contributed by atoms with Gasteiger partial charge in [0.05, 0.1) is 48.5 Å². The molecule has 0 bridgehead atoms. The quantitative estimate of drug-likeness (QED) is 0.586. The number of benzene rings is 1. The molecule has 2 aromatic heterocycles. The number of rotatable bonds is 6. The third-order valence-corrected chi connectivity index (χ3v) is 5.29. The number of nitrogens with zero attached hydrogens (tertiary/aromatic N) is 4. The summed E-state index contributed by atoms with van der Waals surface area (Å²) in [6, 6.07) is 11.3. The summed E-state index contributed by atoms with van der Waals surface area (Å²) in [7, 11) is 0. The monoisotopic (exact) mass is 418 g/mol. The molecule has 0 saturated carbocycles. The standard InChI is InChI=1S/C21H21ClF2N4O/c22-18-10-26-28(12-18)19-6-8-25-11-20(19)27-9-7-17(21(23,24)15-27)14-29-13-16-4-2-1-3-5-16/h1-6,8,10-12,17H,7,9,13-15H2. The van der Waals surface area contributed by atoms with Crippen molar-refractivity contribution < 1.29 is 13.5 Å². The minimum absolute atomic E-state index is 0.0321.